The number of hydrogen-bond donors (Lipinski definition) is 1. The average Bonchev–Trinajstić information content (AvgIpc) is 3.63. The number of amides is 2. The summed E-state index contributed by atoms with van der Waals surface area (Å²) in [5, 5.41) is 11.4. The number of anilines is 2. The van der Waals surface area contributed by atoms with E-state index >= 15 is 0 Å². The SMILES string of the molecule is Cc1sc(N(C(=O)C2CCOC2)c2cc(F)nc(F)c2)nc1C(=O)N(C(O)C1CCOC1)C1CCC1(C)C. The van der Waals surface area contributed by atoms with Gasteiger partial charge in [0.05, 0.1) is 24.8 Å². The van der Waals surface area contributed by atoms with Gasteiger partial charge in [-0.3, -0.25) is 14.5 Å². The van der Waals surface area contributed by atoms with Crippen LogP contribution >= 0.6 is 11.3 Å². The van der Waals surface area contributed by atoms with Crippen LogP contribution in [0.25, 0.3) is 0 Å². The van der Waals surface area contributed by atoms with Gasteiger partial charge in [0.1, 0.15) is 11.9 Å². The largest absolute Gasteiger partial charge is 0.381 e. The maximum atomic E-state index is 14.1. The van der Waals surface area contributed by atoms with Crippen LogP contribution in [0.4, 0.5) is 19.6 Å². The molecule has 206 valence electrons. The third-order valence-corrected chi connectivity index (χ3v) is 8.85. The number of rotatable bonds is 7. The van der Waals surface area contributed by atoms with Crippen LogP contribution in [0.5, 0.6) is 0 Å². The van der Waals surface area contributed by atoms with Crippen molar-refractivity contribution in [1.29, 1.82) is 0 Å². The summed E-state index contributed by atoms with van der Waals surface area (Å²) < 4.78 is 39.0. The summed E-state index contributed by atoms with van der Waals surface area (Å²) in [6, 6.07) is 1.73. The second-order valence-electron chi connectivity index (χ2n) is 10.9. The van der Waals surface area contributed by atoms with Gasteiger partial charge in [0.15, 0.2) is 5.13 Å². The van der Waals surface area contributed by atoms with Gasteiger partial charge in [0.2, 0.25) is 17.8 Å². The average molecular weight is 551 g/mol. The second kappa shape index (κ2) is 10.6. The quantitative estimate of drug-likeness (QED) is 0.413. The molecule has 4 unspecified atom stereocenters. The van der Waals surface area contributed by atoms with Crippen molar-refractivity contribution in [1.82, 2.24) is 14.9 Å². The monoisotopic (exact) mass is 550 g/mol. The lowest BCUT2D eigenvalue weighted by molar-refractivity contribution is -0.121. The molecular formula is C26H32F2N4O5S. The Labute approximate surface area is 223 Å². The standard InChI is InChI=1S/C26H32F2N4O5S/c1-14-21(24(35)32(18-4-7-26(18,2)3)23(34)16-6-9-37-13-16)30-25(38-14)31(22(33)15-5-8-36-12-15)17-10-19(27)29-20(28)11-17/h10-11,15-16,18,23,34H,4-9,12-13H2,1-3H3. The number of carbonyl (C=O) groups excluding carboxylic acids is 2. The number of nitrogens with zero attached hydrogens (tertiary/aromatic N) is 4. The van der Waals surface area contributed by atoms with Gasteiger partial charge in [-0.2, -0.15) is 13.8 Å². The normalized spacial score (nSPS) is 25.2. The third kappa shape index (κ3) is 5.06. The highest BCUT2D eigenvalue weighted by atomic mass is 32.1. The molecule has 12 heteroatoms. The van der Waals surface area contributed by atoms with Crippen molar-refractivity contribution in [2.45, 2.75) is 58.7 Å². The fourth-order valence-corrected chi connectivity index (χ4v) is 6.38. The lowest BCUT2D eigenvalue weighted by Crippen LogP contribution is -2.60. The van der Waals surface area contributed by atoms with Crippen LogP contribution in [0, 0.1) is 36.1 Å². The molecular weight excluding hydrogens is 518 g/mol. The van der Waals surface area contributed by atoms with Crippen molar-refractivity contribution >= 4 is 34.0 Å². The molecule has 0 bridgehead atoms. The van der Waals surface area contributed by atoms with Crippen LogP contribution in [-0.2, 0) is 14.3 Å². The summed E-state index contributed by atoms with van der Waals surface area (Å²) in [7, 11) is 0. The number of aryl methyl sites for hydroxylation is 1. The molecule has 2 aromatic rings. The second-order valence-corrected chi connectivity index (χ2v) is 12.1. The van der Waals surface area contributed by atoms with Crippen molar-refractivity contribution in [3.8, 4) is 0 Å². The molecule has 0 spiro atoms. The first-order valence-corrected chi connectivity index (χ1v) is 13.7. The minimum Gasteiger partial charge on any atom is -0.381 e. The van der Waals surface area contributed by atoms with Crippen LogP contribution in [0.15, 0.2) is 12.1 Å². The maximum absolute atomic E-state index is 14.1. The molecule has 2 saturated heterocycles. The van der Waals surface area contributed by atoms with E-state index in [1.807, 2.05) is 0 Å². The van der Waals surface area contributed by atoms with E-state index in [0.29, 0.717) is 37.5 Å². The first-order chi connectivity index (χ1) is 18.1. The molecule has 0 radical (unpaired) electrons. The topological polar surface area (TPSA) is 105 Å². The fraction of sp³-hybridized carbons (Fsp3) is 0.615. The molecule has 9 nitrogen and oxygen atoms in total. The Morgan fingerprint density at radius 2 is 1.79 bits per heavy atom. The molecule has 1 saturated carbocycles. The molecule has 4 atom stereocenters. The number of halogens is 2. The molecule has 0 aromatic carbocycles. The third-order valence-electron chi connectivity index (χ3n) is 7.89. The number of aliphatic hydroxyl groups is 1. The van der Waals surface area contributed by atoms with Gasteiger partial charge in [-0.15, -0.1) is 11.3 Å². The minimum absolute atomic E-state index is 0.0697. The summed E-state index contributed by atoms with van der Waals surface area (Å²) in [6.45, 7) is 7.31. The zero-order valence-corrected chi connectivity index (χ0v) is 22.5. The van der Waals surface area contributed by atoms with Gasteiger partial charge in [-0.1, -0.05) is 13.8 Å². The highest BCUT2D eigenvalue weighted by Gasteiger charge is 2.49. The van der Waals surface area contributed by atoms with Crippen LogP contribution in [0.1, 0.15) is 54.9 Å². The van der Waals surface area contributed by atoms with E-state index in [1.165, 1.54) is 4.90 Å². The predicted octanol–water partition coefficient (Wildman–Crippen LogP) is 3.81. The smallest absolute Gasteiger partial charge is 0.276 e. The lowest BCUT2D eigenvalue weighted by Gasteiger charge is -2.52. The van der Waals surface area contributed by atoms with E-state index < -0.39 is 35.9 Å². The Morgan fingerprint density at radius 3 is 2.34 bits per heavy atom. The Bertz CT molecular complexity index is 1190. The Morgan fingerprint density at radius 1 is 1.11 bits per heavy atom. The summed E-state index contributed by atoms with van der Waals surface area (Å²) in [5.41, 5.74) is -0.153. The van der Waals surface area contributed by atoms with E-state index in [1.54, 1.807) is 6.92 Å². The van der Waals surface area contributed by atoms with Crippen LogP contribution < -0.4 is 4.90 Å². The van der Waals surface area contributed by atoms with E-state index in [9.17, 15) is 23.5 Å². The Kier molecular flexibility index (Phi) is 7.51. The summed E-state index contributed by atoms with van der Waals surface area (Å²) in [6.07, 6.45) is 1.73. The Hall–Kier alpha value is -2.54. The first-order valence-electron chi connectivity index (χ1n) is 12.9. The van der Waals surface area contributed by atoms with Crippen LogP contribution in [-0.4, -0.2) is 70.5 Å². The number of hydrogen-bond acceptors (Lipinski definition) is 8. The van der Waals surface area contributed by atoms with Crippen molar-refractivity contribution in [2.75, 3.05) is 31.3 Å². The van der Waals surface area contributed by atoms with Crippen molar-refractivity contribution in [2.24, 2.45) is 17.3 Å². The summed E-state index contributed by atoms with van der Waals surface area (Å²) in [5.74, 6) is -3.76. The zero-order chi connectivity index (χ0) is 27.2. The van der Waals surface area contributed by atoms with E-state index in [0.717, 1.165) is 41.2 Å². The highest BCUT2D eigenvalue weighted by molar-refractivity contribution is 7.16. The predicted molar refractivity (Wildman–Crippen MR) is 135 cm³/mol. The molecule has 2 amide bonds. The zero-order valence-electron chi connectivity index (χ0n) is 21.7. The van der Waals surface area contributed by atoms with Gasteiger partial charge >= 0.3 is 0 Å². The highest BCUT2D eigenvalue weighted by Crippen LogP contribution is 2.46. The Balaban J connectivity index is 1.52. The van der Waals surface area contributed by atoms with Crippen LogP contribution in [0.2, 0.25) is 0 Å². The number of carbonyl (C=O) groups is 2. The number of aromatic nitrogens is 2. The molecule has 4 heterocycles. The molecule has 3 fully saturated rings. The van der Waals surface area contributed by atoms with Gasteiger partial charge < -0.3 is 19.5 Å². The molecule has 3 aliphatic rings. The van der Waals surface area contributed by atoms with Gasteiger partial charge in [-0.25, -0.2) is 4.98 Å². The van der Waals surface area contributed by atoms with Gasteiger partial charge in [-0.05, 0) is 38.0 Å². The number of ether oxygens (including phenoxy) is 2. The number of pyridine rings is 1. The minimum atomic E-state index is -1.08. The first kappa shape index (κ1) is 27.0. The van der Waals surface area contributed by atoms with Crippen molar-refractivity contribution in [3.63, 3.8) is 0 Å². The molecule has 2 aromatic heterocycles. The van der Waals surface area contributed by atoms with Gasteiger partial charge in [0.25, 0.3) is 5.91 Å². The summed E-state index contributed by atoms with van der Waals surface area (Å²) in [4.78, 5) is 38.4. The number of aliphatic hydroxyl groups excluding tert-OH is 1. The number of thiazole rings is 1. The maximum Gasteiger partial charge on any atom is 0.276 e. The molecule has 38 heavy (non-hydrogen) atoms. The van der Waals surface area contributed by atoms with E-state index in [-0.39, 0.29) is 40.5 Å². The molecule has 5 rings (SSSR count). The van der Waals surface area contributed by atoms with Gasteiger partial charge in [0, 0.05) is 42.2 Å². The van der Waals surface area contributed by atoms with E-state index in [4.69, 9.17) is 9.47 Å². The lowest BCUT2D eigenvalue weighted by atomic mass is 9.66. The fourth-order valence-electron chi connectivity index (χ4n) is 5.45. The van der Waals surface area contributed by atoms with E-state index in [2.05, 4.69) is 23.8 Å². The molecule has 1 aliphatic carbocycles. The van der Waals surface area contributed by atoms with Crippen molar-refractivity contribution < 1.29 is 33.0 Å². The summed E-state index contributed by atoms with van der Waals surface area (Å²) >= 11 is 1.08. The van der Waals surface area contributed by atoms with Crippen LogP contribution in [0.3, 0.4) is 0 Å². The molecule has 1 N–H and O–H groups in total. The van der Waals surface area contributed by atoms with Crippen molar-refractivity contribution in [3.05, 3.63) is 34.6 Å². The molecule has 2 aliphatic heterocycles.